The highest BCUT2D eigenvalue weighted by atomic mass is 32.2. The second-order valence-electron chi connectivity index (χ2n) is 7.51. The predicted molar refractivity (Wildman–Crippen MR) is 114 cm³/mol. The minimum absolute atomic E-state index is 0.0746. The largest absolute Gasteiger partial charge is 0.496 e. The molecule has 0 bridgehead atoms. The van der Waals surface area contributed by atoms with Gasteiger partial charge in [0, 0.05) is 17.1 Å². The molecule has 8 heteroatoms. The van der Waals surface area contributed by atoms with Gasteiger partial charge >= 0.3 is 0 Å². The molecule has 1 aromatic heterocycles. The van der Waals surface area contributed by atoms with Crippen LogP contribution in [-0.2, 0) is 9.84 Å². The molecular weight excluding hydrogens is 402 g/mol. The van der Waals surface area contributed by atoms with Crippen LogP contribution in [0.2, 0.25) is 0 Å². The zero-order chi connectivity index (χ0) is 21.5. The van der Waals surface area contributed by atoms with Crippen LogP contribution in [-0.4, -0.2) is 37.9 Å². The number of primary amides is 1. The number of aromatic nitrogens is 1. The van der Waals surface area contributed by atoms with Crippen molar-refractivity contribution < 1.29 is 17.9 Å². The first-order chi connectivity index (χ1) is 14.3. The Hall–Kier alpha value is -3.31. The van der Waals surface area contributed by atoms with Crippen molar-refractivity contribution in [3.63, 3.8) is 0 Å². The summed E-state index contributed by atoms with van der Waals surface area (Å²) in [5, 5.41) is 10.1. The molecule has 0 aliphatic carbocycles. The first kappa shape index (κ1) is 20.0. The number of hydrogen-bond acceptors (Lipinski definition) is 5. The number of carbonyl (C=O) groups excluding carboxylic acids is 1. The predicted octanol–water partition coefficient (Wildman–Crippen LogP) is 3.11. The van der Waals surface area contributed by atoms with Gasteiger partial charge in [0.05, 0.1) is 41.3 Å². The van der Waals surface area contributed by atoms with Crippen LogP contribution in [0.5, 0.6) is 5.75 Å². The van der Waals surface area contributed by atoms with Crippen LogP contribution in [0.4, 0.5) is 0 Å². The van der Waals surface area contributed by atoms with Gasteiger partial charge in [0.1, 0.15) is 15.6 Å². The molecule has 1 saturated heterocycles. The van der Waals surface area contributed by atoms with Crippen molar-refractivity contribution in [2.45, 2.75) is 18.8 Å². The maximum absolute atomic E-state index is 12.2. The number of nitrogens with two attached hydrogens (primary N) is 1. The van der Waals surface area contributed by atoms with Crippen LogP contribution >= 0.6 is 0 Å². The van der Waals surface area contributed by atoms with E-state index in [1.165, 1.54) is 0 Å². The number of methoxy groups -OCH3 is 1. The molecule has 3 N–H and O–H groups in total. The molecule has 1 aliphatic heterocycles. The van der Waals surface area contributed by atoms with E-state index in [-0.39, 0.29) is 17.4 Å². The van der Waals surface area contributed by atoms with E-state index in [2.05, 4.69) is 11.1 Å². The van der Waals surface area contributed by atoms with E-state index < -0.39 is 15.7 Å². The summed E-state index contributed by atoms with van der Waals surface area (Å²) >= 11 is 0. The Morgan fingerprint density at radius 2 is 1.97 bits per heavy atom. The van der Waals surface area contributed by atoms with Gasteiger partial charge in [-0.2, -0.15) is 5.26 Å². The smallest absolute Gasteiger partial charge is 0.250 e. The summed E-state index contributed by atoms with van der Waals surface area (Å²) in [5.74, 6) is 0.391. The van der Waals surface area contributed by atoms with E-state index in [1.807, 2.05) is 12.3 Å². The summed E-state index contributed by atoms with van der Waals surface area (Å²) in [7, 11) is -1.44. The SMILES string of the molecule is COc1ccc(C#N)cc1-c1cc(C(N)=O)c2[nH]cc(C3CCS(=O)(=O)CC3)c2c1. The average Bonchev–Trinajstić information content (AvgIpc) is 3.16. The Balaban J connectivity index is 1.91. The molecule has 4 rings (SSSR count). The number of rotatable bonds is 4. The molecule has 1 aliphatic rings. The van der Waals surface area contributed by atoms with Crippen LogP contribution in [0.15, 0.2) is 36.5 Å². The first-order valence-electron chi connectivity index (χ1n) is 9.56. The summed E-state index contributed by atoms with van der Waals surface area (Å²) < 4.78 is 29.1. The maximum atomic E-state index is 12.2. The molecule has 2 aromatic carbocycles. The molecule has 3 aromatic rings. The Morgan fingerprint density at radius 1 is 1.23 bits per heavy atom. The number of hydrogen-bond donors (Lipinski definition) is 2. The summed E-state index contributed by atoms with van der Waals surface area (Å²) in [6.45, 7) is 0. The Bertz CT molecular complexity index is 1290. The van der Waals surface area contributed by atoms with Crippen molar-refractivity contribution in [2.75, 3.05) is 18.6 Å². The van der Waals surface area contributed by atoms with Crippen LogP contribution in [0.3, 0.4) is 0 Å². The van der Waals surface area contributed by atoms with E-state index in [1.54, 1.807) is 31.4 Å². The van der Waals surface area contributed by atoms with E-state index in [0.29, 0.717) is 46.4 Å². The number of H-pyrrole nitrogens is 1. The van der Waals surface area contributed by atoms with Crippen LogP contribution in [0, 0.1) is 11.3 Å². The molecule has 0 saturated carbocycles. The van der Waals surface area contributed by atoms with Crippen molar-refractivity contribution in [1.29, 1.82) is 5.26 Å². The van der Waals surface area contributed by atoms with Crippen molar-refractivity contribution >= 4 is 26.6 Å². The third-order valence-corrected chi connectivity index (χ3v) is 7.44. The molecule has 0 atom stereocenters. The topological polar surface area (TPSA) is 126 Å². The quantitative estimate of drug-likeness (QED) is 0.667. The Kier molecular flexibility index (Phi) is 5.00. The second kappa shape index (κ2) is 7.50. The van der Waals surface area contributed by atoms with E-state index in [0.717, 1.165) is 10.9 Å². The molecule has 30 heavy (non-hydrogen) atoms. The van der Waals surface area contributed by atoms with E-state index in [9.17, 15) is 18.5 Å². The van der Waals surface area contributed by atoms with Crippen LogP contribution in [0.25, 0.3) is 22.0 Å². The number of aromatic amines is 1. The molecule has 154 valence electrons. The molecule has 2 heterocycles. The lowest BCUT2D eigenvalue weighted by atomic mass is 9.90. The van der Waals surface area contributed by atoms with Gasteiger partial charge in [-0.15, -0.1) is 0 Å². The van der Waals surface area contributed by atoms with Gasteiger partial charge in [-0.1, -0.05) is 0 Å². The highest BCUT2D eigenvalue weighted by molar-refractivity contribution is 7.91. The Morgan fingerprint density at radius 3 is 2.60 bits per heavy atom. The minimum atomic E-state index is -2.98. The molecule has 1 fully saturated rings. The van der Waals surface area contributed by atoms with Crippen LogP contribution < -0.4 is 10.5 Å². The fourth-order valence-electron chi connectivity index (χ4n) is 4.14. The summed E-state index contributed by atoms with van der Waals surface area (Å²) in [6, 6.07) is 10.8. The molecule has 0 spiro atoms. The lowest BCUT2D eigenvalue weighted by Crippen LogP contribution is -2.22. The Labute approximate surface area is 174 Å². The van der Waals surface area contributed by atoms with Crippen molar-refractivity contribution in [2.24, 2.45) is 5.73 Å². The third kappa shape index (κ3) is 3.53. The molecule has 0 unspecified atom stereocenters. The summed E-state index contributed by atoms with van der Waals surface area (Å²) in [5.41, 5.74) is 9.45. The number of sulfone groups is 1. The van der Waals surface area contributed by atoms with Crippen LogP contribution in [0.1, 0.15) is 40.2 Å². The number of carbonyl (C=O) groups is 1. The first-order valence-corrected chi connectivity index (χ1v) is 11.4. The average molecular weight is 423 g/mol. The number of benzene rings is 2. The van der Waals surface area contributed by atoms with Crippen molar-refractivity contribution in [3.05, 3.63) is 53.2 Å². The maximum Gasteiger partial charge on any atom is 0.250 e. The number of amides is 1. The number of ether oxygens (including phenoxy) is 1. The van der Waals surface area contributed by atoms with Gasteiger partial charge in [-0.3, -0.25) is 4.79 Å². The highest BCUT2D eigenvalue weighted by Crippen LogP contribution is 2.39. The minimum Gasteiger partial charge on any atom is -0.496 e. The third-order valence-electron chi connectivity index (χ3n) is 5.72. The van der Waals surface area contributed by atoms with Gasteiger partial charge in [0.2, 0.25) is 0 Å². The number of nitrogens with zero attached hydrogens (tertiary/aromatic N) is 1. The standard InChI is InChI=1S/C22H21N3O4S/c1-29-20-3-2-13(11-23)8-16(20)15-9-17-19(14-4-6-30(27,28)7-5-14)12-25-21(17)18(10-15)22(24)26/h2-3,8-10,12,14,25H,4-7H2,1H3,(H2,24,26). The monoisotopic (exact) mass is 423 g/mol. The van der Waals surface area contributed by atoms with Gasteiger partial charge in [-0.25, -0.2) is 8.42 Å². The zero-order valence-corrected chi connectivity index (χ0v) is 17.3. The lowest BCUT2D eigenvalue weighted by molar-refractivity contribution is 0.100. The number of fused-ring (bicyclic) bond motifs is 1. The van der Waals surface area contributed by atoms with Gasteiger partial charge in [0.15, 0.2) is 0 Å². The molecule has 7 nitrogen and oxygen atoms in total. The fourth-order valence-corrected chi connectivity index (χ4v) is 5.64. The van der Waals surface area contributed by atoms with E-state index in [4.69, 9.17) is 10.5 Å². The zero-order valence-electron chi connectivity index (χ0n) is 16.4. The lowest BCUT2D eigenvalue weighted by Gasteiger charge is -2.21. The van der Waals surface area contributed by atoms with Gasteiger partial charge in [-0.05, 0) is 60.2 Å². The van der Waals surface area contributed by atoms with Gasteiger partial charge < -0.3 is 15.5 Å². The summed E-state index contributed by atoms with van der Waals surface area (Å²) in [4.78, 5) is 15.3. The normalized spacial score (nSPS) is 16.3. The van der Waals surface area contributed by atoms with Crippen molar-refractivity contribution in [3.8, 4) is 22.9 Å². The van der Waals surface area contributed by atoms with Crippen molar-refractivity contribution in [1.82, 2.24) is 4.98 Å². The number of nitriles is 1. The van der Waals surface area contributed by atoms with Gasteiger partial charge in [0.25, 0.3) is 5.91 Å². The summed E-state index contributed by atoms with van der Waals surface area (Å²) in [6.07, 6.45) is 2.92. The molecule has 0 radical (unpaired) electrons. The molecule has 1 amide bonds. The fraction of sp³-hybridized carbons (Fsp3) is 0.273. The highest BCUT2D eigenvalue weighted by Gasteiger charge is 2.27. The molecular formula is C22H21N3O4S. The number of nitrogens with one attached hydrogen (secondary N) is 1. The second-order valence-corrected chi connectivity index (χ2v) is 9.81. The van der Waals surface area contributed by atoms with E-state index >= 15 is 0 Å².